The van der Waals surface area contributed by atoms with E-state index in [1.54, 1.807) is 43.3 Å². The Morgan fingerprint density at radius 2 is 2.17 bits per heavy atom. The van der Waals surface area contributed by atoms with E-state index >= 15 is 0 Å². The Balaban J connectivity index is 3.37. The van der Waals surface area contributed by atoms with Crippen molar-refractivity contribution in [3.05, 3.63) is 51.9 Å². The van der Waals surface area contributed by atoms with E-state index in [0.717, 1.165) is 0 Å². The topological polar surface area (TPSA) is 98.9 Å². The molecule has 0 aliphatic carbocycles. The highest BCUT2D eigenvalue weighted by Crippen LogP contribution is 2.21. The first-order valence-electron chi connectivity index (χ1n) is 5.16. The van der Waals surface area contributed by atoms with E-state index in [2.05, 4.69) is 10.0 Å². The zero-order valence-electron chi connectivity index (χ0n) is 9.70. The van der Waals surface area contributed by atoms with Crippen LogP contribution in [0, 0.1) is 11.3 Å². The van der Waals surface area contributed by atoms with Gasteiger partial charge < -0.3 is 4.74 Å². The van der Waals surface area contributed by atoms with Gasteiger partial charge in [0, 0.05) is 4.91 Å². The third-order valence-corrected chi connectivity index (χ3v) is 2.02. The van der Waals surface area contributed by atoms with Gasteiger partial charge in [-0.1, -0.05) is 35.4 Å². The second-order valence-electron chi connectivity index (χ2n) is 3.11. The van der Waals surface area contributed by atoms with Crippen LogP contribution < -0.4 is 0 Å². The number of nitriles is 1. The third kappa shape index (κ3) is 3.11. The summed E-state index contributed by atoms with van der Waals surface area (Å²) in [5.41, 5.74) is 8.67. The van der Waals surface area contributed by atoms with Gasteiger partial charge in [0.2, 0.25) is 0 Å². The second-order valence-corrected chi connectivity index (χ2v) is 3.11. The smallest absolute Gasteiger partial charge is 0.349 e. The summed E-state index contributed by atoms with van der Waals surface area (Å²) >= 11 is 0. The average Bonchev–Trinajstić information content (AvgIpc) is 2.40. The minimum absolute atomic E-state index is 0.0287. The maximum atomic E-state index is 11.6. The summed E-state index contributed by atoms with van der Waals surface area (Å²) in [6.45, 7) is 1.77. The molecule has 0 fully saturated rings. The van der Waals surface area contributed by atoms with Crippen molar-refractivity contribution >= 4 is 11.7 Å². The molecule has 0 spiro atoms. The number of azide groups is 1. The van der Waals surface area contributed by atoms with Gasteiger partial charge in [-0.3, -0.25) is 0 Å². The molecule has 0 aliphatic rings. The van der Waals surface area contributed by atoms with Crippen molar-refractivity contribution in [2.24, 2.45) is 5.11 Å². The summed E-state index contributed by atoms with van der Waals surface area (Å²) in [7, 11) is 0. The van der Waals surface area contributed by atoms with Crippen LogP contribution >= 0.6 is 0 Å². The van der Waals surface area contributed by atoms with E-state index in [4.69, 9.17) is 15.5 Å². The summed E-state index contributed by atoms with van der Waals surface area (Å²) < 4.78 is 4.74. The maximum Gasteiger partial charge on any atom is 0.349 e. The molecule has 1 aromatic rings. The quantitative estimate of drug-likeness (QED) is 0.202. The van der Waals surface area contributed by atoms with Crippen LogP contribution in [0.2, 0.25) is 0 Å². The van der Waals surface area contributed by atoms with Crippen LogP contribution in [0.15, 0.2) is 41.0 Å². The number of rotatable bonds is 4. The maximum absolute atomic E-state index is 11.6. The Bertz CT molecular complexity index is 551. The molecular formula is C12H10N4O2. The highest BCUT2D eigenvalue weighted by molar-refractivity contribution is 6.01. The Morgan fingerprint density at radius 3 is 2.67 bits per heavy atom. The van der Waals surface area contributed by atoms with Crippen LogP contribution in [-0.4, -0.2) is 12.6 Å². The van der Waals surface area contributed by atoms with Crippen LogP contribution in [0.3, 0.4) is 0 Å². The Morgan fingerprint density at radius 1 is 1.50 bits per heavy atom. The lowest BCUT2D eigenvalue weighted by atomic mass is 10.1. The van der Waals surface area contributed by atoms with Gasteiger partial charge in [0.1, 0.15) is 11.6 Å². The first-order chi connectivity index (χ1) is 8.74. The normalized spacial score (nSPS) is 10.7. The summed E-state index contributed by atoms with van der Waals surface area (Å²) in [6, 6.07) is 10.2. The number of esters is 1. The molecule has 0 radical (unpaired) electrons. The minimum atomic E-state index is -0.800. The molecule has 0 N–H and O–H groups in total. The predicted molar refractivity (Wildman–Crippen MR) is 64.8 cm³/mol. The molecule has 0 amide bonds. The number of hydrogen-bond acceptors (Lipinski definition) is 4. The van der Waals surface area contributed by atoms with Crippen molar-refractivity contribution < 1.29 is 9.53 Å². The zero-order chi connectivity index (χ0) is 13.4. The first kappa shape index (κ1) is 13.3. The summed E-state index contributed by atoms with van der Waals surface area (Å²) in [5.74, 6) is -0.800. The lowest BCUT2D eigenvalue weighted by Gasteiger charge is -2.04. The van der Waals surface area contributed by atoms with Crippen LogP contribution in [0.5, 0.6) is 0 Å². The molecular weight excluding hydrogens is 232 g/mol. The van der Waals surface area contributed by atoms with E-state index in [-0.39, 0.29) is 17.9 Å². The Labute approximate surface area is 104 Å². The molecule has 1 rings (SSSR count). The van der Waals surface area contributed by atoms with Gasteiger partial charge in [-0.25, -0.2) is 4.79 Å². The Hall–Kier alpha value is -2.77. The molecule has 0 aliphatic heterocycles. The second kappa shape index (κ2) is 6.74. The standard InChI is InChI=1S/C12H10N4O2/c1-2-18-12(17)10(8-13)11(15-16-14)9-6-4-3-5-7-9/h3-7H,2H2,1H3/b11-10+. The summed E-state index contributed by atoms with van der Waals surface area (Å²) in [4.78, 5) is 14.2. The van der Waals surface area contributed by atoms with Gasteiger partial charge in [-0.15, -0.1) is 0 Å². The van der Waals surface area contributed by atoms with E-state index in [9.17, 15) is 4.79 Å². The van der Waals surface area contributed by atoms with E-state index < -0.39 is 5.97 Å². The van der Waals surface area contributed by atoms with E-state index in [0.29, 0.717) is 5.56 Å². The molecule has 6 heteroatoms. The van der Waals surface area contributed by atoms with Crippen molar-refractivity contribution in [2.45, 2.75) is 6.92 Å². The highest BCUT2D eigenvalue weighted by atomic mass is 16.5. The lowest BCUT2D eigenvalue weighted by molar-refractivity contribution is -0.137. The van der Waals surface area contributed by atoms with Gasteiger partial charge in [0.25, 0.3) is 0 Å². The van der Waals surface area contributed by atoms with Crippen molar-refractivity contribution in [1.82, 2.24) is 0 Å². The number of hydrogen-bond donors (Lipinski definition) is 0. The first-order valence-corrected chi connectivity index (χ1v) is 5.16. The van der Waals surface area contributed by atoms with E-state index in [1.807, 2.05) is 0 Å². The summed E-state index contributed by atoms with van der Waals surface area (Å²) in [5, 5.41) is 12.4. The lowest BCUT2D eigenvalue weighted by Crippen LogP contribution is -2.08. The van der Waals surface area contributed by atoms with Crippen LogP contribution in [0.1, 0.15) is 12.5 Å². The molecule has 0 saturated heterocycles. The number of carbonyl (C=O) groups excluding carboxylic acids is 1. The number of ether oxygens (including phenoxy) is 1. The zero-order valence-corrected chi connectivity index (χ0v) is 9.70. The number of benzene rings is 1. The highest BCUT2D eigenvalue weighted by Gasteiger charge is 2.16. The molecule has 0 aromatic heterocycles. The molecule has 0 atom stereocenters. The van der Waals surface area contributed by atoms with Crippen LogP contribution in [0.25, 0.3) is 16.1 Å². The summed E-state index contributed by atoms with van der Waals surface area (Å²) in [6.07, 6.45) is 0. The van der Waals surface area contributed by atoms with Gasteiger partial charge in [-0.2, -0.15) is 5.26 Å². The fourth-order valence-electron chi connectivity index (χ4n) is 1.29. The number of carbonyl (C=O) groups is 1. The van der Waals surface area contributed by atoms with Crippen molar-refractivity contribution in [3.63, 3.8) is 0 Å². The van der Waals surface area contributed by atoms with Crippen molar-refractivity contribution in [1.29, 1.82) is 5.26 Å². The third-order valence-electron chi connectivity index (χ3n) is 2.02. The van der Waals surface area contributed by atoms with E-state index in [1.165, 1.54) is 0 Å². The number of nitrogens with zero attached hydrogens (tertiary/aromatic N) is 4. The minimum Gasteiger partial charge on any atom is -0.462 e. The van der Waals surface area contributed by atoms with Gasteiger partial charge >= 0.3 is 5.97 Å². The molecule has 0 heterocycles. The molecule has 6 nitrogen and oxygen atoms in total. The predicted octanol–water partition coefficient (Wildman–Crippen LogP) is 2.79. The van der Waals surface area contributed by atoms with Gasteiger partial charge in [0.15, 0.2) is 0 Å². The largest absolute Gasteiger partial charge is 0.462 e. The fraction of sp³-hybridized carbons (Fsp3) is 0.167. The van der Waals surface area contributed by atoms with Gasteiger partial charge in [0.05, 0.1) is 12.3 Å². The SMILES string of the molecule is CCOC(=O)/C(C#N)=C(/N=[N+]=[N-])c1ccccc1. The molecule has 0 bridgehead atoms. The molecule has 0 saturated carbocycles. The molecule has 0 unspecified atom stereocenters. The molecule has 18 heavy (non-hydrogen) atoms. The Kier molecular flexibility index (Phi) is 4.98. The fourth-order valence-corrected chi connectivity index (χ4v) is 1.29. The van der Waals surface area contributed by atoms with Crippen molar-refractivity contribution in [3.8, 4) is 6.07 Å². The van der Waals surface area contributed by atoms with Gasteiger partial charge in [-0.05, 0) is 18.0 Å². The van der Waals surface area contributed by atoms with Crippen LogP contribution in [0.4, 0.5) is 0 Å². The molecule has 1 aromatic carbocycles. The molecule has 90 valence electrons. The average molecular weight is 242 g/mol. The monoisotopic (exact) mass is 242 g/mol. The van der Waals surface area contributed by atoms with Crippen molar-refractivity contribution in [2.75, 3.05) is 6.61 Å². The van der Waals surface area contributed by atoms with Crippen LogP contribution in [-0.2, 0) is 9.53 Å².